The van der Waals surface area contributed by atoms with Gasteiger partial charge in [-0.3, -0.25) is 19.3 Å². The standard InChI is InChI=1S/C22H18Cl2N2O5S/c23-15-3-1-2-14(20(15)24)12-18-21(28)26(22(29)32-18)7-6-25-19(27)11-13-4-5-16-17(10-13)31-9-8-30-16/h1-5,10,12H,6-9,11H2,(H,25,27). The number of amides is 3. The van der Waals surface area contributed by atoms with Crippen molar-refractivity contribution in [3.05, 3.63) is 62.5 Å². The minimum Gasteiger partial charge on any atom is -0.486 e. The maximum Gasteiger partial charge on any atom is 0.293 e. The fourth-order valence-electron chi connectivity index (χ4n) is 3.22. The largest absolute Gasteiger partial charge is 0.486 e. The third-order valence-corrected chi connectivity index (χ3v) is 6.51. The predicted octanol–water partition coefficient (Wildman–Crippen LogP) is 4.16. The highest BCUT2D eigenvalue weighted by Gasteiger charge is 2.34. The van der Waals surface area contributed by atoms with Crippen molar-refractivity contribution >= 4 is 58.1 Å². The summed E-state index contributed by atoms with van der Waals surface area (Å²) in [6.45, 7) is 1.19. The molecule has 2 aromatic carbocycles. The molecule has 0 spiro atoms. The molecule has 3 amide bonds. The van der Waals surface area contributed by atoms with Crippen molar-refractivity contribution < 1.29 is 23.9 Å². The zero-order valence-electron chi connectivity index (χ0n) is 16.7. The summed E-state index contributed by atoms with van der Waals surface area (Å²) < 4.78 is 11.0. The molecule has 10 heteroatoms. The van der Waals surface area contributed by atoms with Crippen molar-refractivity contribution in [3.63, 3.8) is 0 Å². The average Bonchev–Trinajstić information content (AvgIpc) is 3.04. The van der Waals surface area contributed by atoms with Gasteiger partial charge in [0.2, 0.25) is 5.91 Å². The van der Waals surface area contributed by atoms with Gasteiger partial charge in [-0.05, 0) is 47.2 Å². The minimum absolute atomic E-state index is 0.0676. The van der Waals surface area contributed by atoms with E-state index in [1.165, 1.54) is 0 Å². The van der Waals surface area contributed by atoms with E-state index >= 15 is 0 Å². The lowest BCUT2D eigenvalue weighted by atomic mass is 10.1. The van der Waals surface area contributed by atoms with Crippen LogP contribution in [0, 0.1) is 0 Å². The zero-order chi connectivity index (χ0) is 22.7. The van der Waals surface area contributed by atoms with Gasteiger partial charge < -0.3 is 14.8 Å². The maximum absolute atomic E-state index is 12.6. The number of ether oxygens (including phenoxy) is 2. The highest BCUT2D eigenvalue weighted by Crippen LogP contribution is 2.35. The maximum atomic E-state index is 12.6. The van der Waals surface area contributed by atoms with Crippen LogP contribution in [0.15, 0.2) is 41.3 Å². The van der Waals surface area contributed by atoms with E-state index in [-0.39, 0.29) is 30.3 Å². The summed E-state index contributed by atoms with van der Waals surface area (Å²) >= 11 is 13.0. The number of thioether (sulfide) groups is 1. The van der Waals surface area contributed by atoms with Crippen LogP contribution in [0.2, 0.25) is 10.0 Å². The number of halogens is 2. The molecule has 1 saturated heterocycles. The molecule has 0 aromatic heterocycles. The van der Waals surface area contributed by atoms with Gasteiger partial charge in [0, 0.05) is 13.1 Å². The topological polar surface area (TPSA) is 84.9 Å². The molecule has 32 heavy (non-hydrogen) atoms. The van der Waals surface area contributed by atoms with E-state index in [0.717, 1.165) is 22.2 Å². The van der Waals surface area contributed by atoms with Crippen molar-refractivity contribution in [1.82, 2.24) is 10.2 Å². The molecular formula is C22H18Cl2N2O5S. The molecule has 0 atom stereocenters. The fraction of sp³-hybridized carbons (Fsp3) is 0.227. The smallest absolute Gasteiger partial charge is 0.293 e. The first-order valence-electron chi connectivity index (χ1n) is 9.77. The SMILES string of the molecule is O=C(Cc1ccc2c(c1)OCCO2)NCCN1C(=O)SC(=Cc2cccc(Cl)c2Cl)C1=O. The van der Waals surface area contributed by atoms with Crippen LogP contribution in [0.3, 0.4) is 0 Å². The van der Waals surface area contributed by atoms with E-state index in [0.29, 0.717) is 40.3 Å². The number of fused-ring (bicyclic) bond motifs is 1. The highest BCUT2D eigenvalue weighted by atomic mass is 35.5. The van der Waals surface area contributed by atoms with Gasteiger partial charge in [-0.2, -0.15) is 0 Å². The highest BCUT2D eigenvalue weighted by molar-refractivity contribution is 8.18. The van der Waals surface area contributed by atoms with Gasteiger partial charge in [0.25, 0.3) is 11.1 Å². The van der Waals surface area contributed by atoms with Crippen molar-refractivity contribution in [2.75, 3.05) is 26.3 Å². The Morgan fingerprint density at radius 3 is 2.72 bits per heavy atom. The number of nitrogens with zero attached hydrogens (tertiary/aromatic N) is 1. The summed E-state index contributed by atoms with van der Waals surface area (Å²) in [5.74, 6) is 0.616. The lowest BCUT2D eigenvalue weighted by molar-refractivity contribution is -0.124. The number of hydrogen-bond acceptors (Lipinski definition) is 6. The molecule has 0 bridgehead atoms. The van der Waals surface area contributed by atoms with E-state index in [2.05, 4.69) is 5.32 Å². The van der Waals surface area contributed by atoms with Gasteiger partial charge >= 0.3 is 0 Å². The number of imide groups is 1. The van der Waals surface area contributed by atoms with Gasteiger partial charge in [0.05, 0.1) is 21.4 Å². The van der Waals surface area contributed by atoms with Crippen LogP contribution in [0.25, 0.3) is 6.08 Å². The van der Waals surface area contributed by atoms with Crippen molar-refractivity contribution in [2.24, 2.45) is 0 Å². The van der Waals surface area contributed by atoms with E-state index in [1.54, 1.807) is 42.5 Å². The summed E-state index contributed by atoms with van der Waals surface area (Å²) in [5.41, 5.74) is 1.33. The summed E-state index contributed by atoms with van der Waals surface area (Å²) in [6.07, 6.45) is 1.69. The molecule has 2 aromatic rings. The number of rotatable bonds is 6. The summed E-state index contributed by atoms with van der Waals surface area (Å²) in [4.78, 5) is 38.5. The molecular weight excluding hydrogens is 475 g/mol. The minimum atomic E-state index is -0.433. The van der Waals surface area contributed by atoms with Crippen LogP contribution in [-0.2, 0) is 16.0 Å². The molecule has 7 nitrogen and oxygen atoms in total. The molecule has 0 unspecified atom stereocenters. The molecule has 1 N–H and O–H groups in total. The van der Waals surface area contributed by atoms with Gasteiger partial charge in [-0.1, -0.05) is 41.4 Å². The Bertz CT molecular complexity index is 1120. The molecule has 2 heterocycles. The van der Waals surface area contributed by atoms with Gasteiger partial charge in [-0.25, -0.2) is 0 Å². The fourth-order valence-corrected chi connectivity index (χ4v) is 4.44. The van der Waals surface area contributed by atoms with E-state index in [4.69, 9.17) is 32.7 Å². The quantitative estimate of drug-likeness (QED) is 0.609. The van der Waals surface area contributed by atoms with Crippen LogP contribution < -0.4 is 14.8 Å². The van der Waals surface area contributed by atoms with Crippen LogP contribution in [-0.4, -0.2) is 48.3 Å². The second-order valence-corrected chi connectivity index (χ2v) is 8.76. The van der Waals surface area contributed by atoms with Crippen molar-refractivity contribution in [2.45, 2.75) is 6.42 Å². The predicted molar refractivity (Wildman–Crippen MR) is 123 cm³/mol. The average molecular weight is 493 g/mol. The first kappa shape index (κ1) is 22.5. The van der Waals surface area contributed by atoms with Crippen LogP contribution in [0.1, 0.15) is 11.1 Å². The molecule has 4 rings (SSSR count). The zero-order valence-corrected chi connectivity index (χ0v) is 19.1. The molecule has 0 aliphatic carbocycles. The number of nitrogens with one attached hydrogen (secondary N) is 1. The second-order valence-electron chi connectivity index (χ2n) is 6.98. The molecule has 0 saturated carbocycles. The molecule has 0 radical (unpaired) electrons. The molecule has 2 aliphatic heterocycles. The molecule has 166 valence electrons. The third-order valence-electron chi connectivity index (χ3n) is 4.77. The Balaban J connectivity index is 1.31. The first-order chi connectivity index (χ1) is 15.4. The monoisotopic (exact) mass is 492 g/mol. The van der Waals surface area contributed by atoms with Gasteiger partial charge in [-0.15, -0.1) is 0 Å². The Kier molecular flexibility index (Phi) is 6.93. The summed E-state index contributed by atoms with van der Waals surface area (Å²) in [5, 5.41) is 3.01. The first-order valence-corrected chi connectivity index (χ1v) is 11.3. The van der Waals surface area contributed by atoms with Crippen molar-refractivity contribution in [1.29, 1.82) is 0 Å². The summed E-state index contributed by atoms with van der Waals surface area (Å²) in [6, 6.07) is 10.4. The van der Waals surface area contributed by atoms with Crippen molar-refractivity contribution in [3.8, 4) is 11.5 Å². The molecule has 1 fully saturated rings. The number of carbonyl (C=O) groups excluding carboxylic acids is 3. The van der Waals surface area contributed by atoms with Crippen LogP contribution in [0.4, 0.5) is 4.79 Å². The lowest BCUT2D eigenvalue weighted by Gasteiger charge is -2.18. The number of carbonyl (C=O) groups is 3. The van der Waals surface area contributed by atoms with Gasteiger partial charge in [0.1, 0.15) is 13.2 Å². The number of hydrogen-bond donors (Lipinski definition) is 1. The lowest BCUT2D eigenvalue weighted by Crippen LogP contribution is -2.37. The van der Waals surface area contributed by atoms with E-state index in [1.807, 2.05) is 0 Å². The third kappa shape index (κ3) is 5.03. The Morgan fingerprint density at radius 2 is 1.91 bits per heavy atom. The normalized spacial score (nSPS) is 16.6. The molecule has 2 aliphatic rings. The van der Waals surface area contributed by atoms with Crippen LogP contribution >= 0.6 is 35.0 Å². The number of benzene rings is 2. The Hall–Kier alpha value is -2.68. The Morgan fingerprint density at radius 1 is 1.12 bits per heavy atom. The van der Waals surface area contributed by atoms with Gasteiger partial charge in [0.15, 0.2) is 11.5 Å². The summed E-state index contributed by atoms with van der Waals surface area (Å²) in [7, 11) is 0. The van der Waals surface area contributed by atoms with E-state index < -0.39 is 11.1 Å². The van der Waals surface area contributed by atoms with E-state index in [9.17, 15) is 14.4 Å². The Labute approximate surface area is 198 Å². The second kappa shape index (κ2) is 9.85. The van der Waals surface area contributed by atoms with Crippen LogP contribution in [0.5, 0.6) is 11.5 Å².